The van der Waals surface area contributed by atoms with Crippen molar-refractivity contribution in [2.24, 2.45) is 0 Å². The molecule has 6 aromatic rings. The van der Waals surface area contributed by atoms with Crippen molar-refractivity contribution < 1.29 is 9.47 Å². The molecule has 5 heterocycles. The minimum absolute atomic E-state index is 0.127. The molecule has 0 aliphatic carbocycles. The van der Waals surface area contributed by atoms with Gasteiger partial charge < -0.3 is 14.0 Å². The Balaban J connectivity index is 1.63. The monoisotopic (exact) mass is 437 g/mol. The van der Waals surface area contributed by atoms with Crippen LogP contribution < -0.4 is 4.74 Å². The topological polar surface area (TPSA) is 84.8 Å². The molecule has 1 aromatic carbocycles. The van der Waals surface area contributed by atoms with E-state index in [0.29, 0.717) is 5.88 Å². The second-order valence-corrected chi connectivity index (χ2v) is 7.41. The number of methoxy groups -OCH3 is 1. The van der Waals surface area contributed by atoms with Crippen molar-refractivity contribution in [3.8, 4) is 22.9 Å². The molecule has 0 atom stereocenters. The lowest BCUT2D eigenvalue weighted by Gasteiger charge is -2.15. The molecule has 0 bridgehead atoms. The summed E-state index contributed by atoms with van der Waals surface area (Å²) in [7, 11) is 1.59. The molecular weight excluding hydrogens is 418 g/mol. The maximum Gasteiger partial charge on any atom is 0.220 e. The zero-order valence-corrected chi connectivity index (χ0v) is 17.7. The summed E-state index contributed by atoms with van der Waals surface area (Å²) in [6.45, 7) is 0.127. The maximum absolute atomic E-state index is 5.71. The van der Waals surface area contributed by atoms with Crippen molar-refractivity contribution in [1.82, 2.24) is 33.6 Å². The summed E-state index contributed by atoms with van der Waals surface area (Å²) in [5.74, 6) is 0.576. The molecule has 33 heavy (non-hydrogen) atoms. The van der Waals surface area contributed by atoms with E-state index in [1.54, 1.807) is 44.6 Å². The van der Waals surface area contributed by atoms with Gasteiger partial charge in [-0.05, 0) is 42.5 Å². The molecule has 0 amide bonds. The lowest BCUT2D eigenvalue weighted by atomic mass is 10.2. The van der Waals surface area contributed by atoms with Gasteiger partial charge in [0.2, 0.25) is 5.88 Å². The number of pyridine rings is 2. The molecule has 162 valence electrons. The van der Waals surface area contributed by atoms with Gasteiger partial charge in [0.1, 0.15) is 12.0 Å². The second-order valence-electron chi connectivity index (χ2n) is 7.41. The van der Waals surface area contributed by atoms with Crippen LogP contribution in [0.25, 0.3) is 39.1 Å². The zero-order valence-electron chi connectivity index (χ0n) is 17.7. The third kappa shape index (κ3) is 3.22. The molecule has 9 heteroatoms. The summed E-state index contributed by atoms with van der Waals surface area (Å²) in [6.07, 6.45) is 12.4. The highest BCUT2D eigenvalue weighted by atomic mass is 16.7. The quantitative estimate of drug-likeness (QED) is 0.367. The third-order valence-corrected chi connectivity index (χ3v) is 5.44. The largest absolute Gasteiger partial charge is 0.450 e. The molecule has 9 nitrogen and oxygen atoms in total. The highest BCUT2D eigenvalue weighted by molar-refractivity contribution is 6.05. The Morgan fingerprint density at radius 1 is 0.879 bits per heavy atom. The van der Waals surface area contributed by atoms with Gasteiger partial charge in [0, 0.05) is 37.3 Å². The standard InChI is InChI=1S/C24H19N7O2/c1-32-16-33-22-13-26-15-30(22)18-10-17(29-9-8-25-14-29)11-19(12-18)31-21-5-3-6-27-23(21)20-4-2-7-28-24(20)31/h2-15H,16H2,1H3. The number of imidazole rings is 2. The first-order chi connectivity index (χ1) is 16.3. The Labute approximate surface area is 188 Å². The molecule has 0 N–H and O–H groups in total. The van der Waals surface area contributed by atoms with Gasteiger partial charge in [-0.3, -0.25) is 14.1 Å². The third-order valence-electron chi connectivity index (χ3n) is 5.44. The fourth-order valence-corrected chi connectivity index (χ4v) is 4.03. The first kappa shape index (κ1) is 19.2. The average Bonchev–Trinajstić information content (AvgIpc) is 3.61. The maximum atomic E-state index is 5.71. The van der Waals surface area contributed by atoms with Gasteiger partial charge in [-0.15, -0.1) is 0 Å². The number of nitrogens with zero attached hydrogens (tertiary/aromatic N) is 7. The Morgan fingerprint density at radius 3 is 2.61 bits per heavy atom. The summed E-state index contributed by atoms with van der Waals surface area (Å²) in [4.78, 5) is 17.8. The smallest absolute Gasteiger partial charge is 0.220 e. The summed E-state index contributed by atoms with van der Waals surface area (Å²) in [5, 5.41) is 0.995. The number of ether oxygens (including phenoxy) is 2. The molecule has 6 rings (SSSR count). The number of hydrogen-bond acceptors (Lipinski definition) is 6. The van der Waals surface area contributed by atoms with E-state index in [9.17, 15) is 0 Å². The molecule has 0 radical (unpaired) electrons. The minimum atomic E-state index is 0.127. The van der Waals surface area contributed by atoms with E-state index in [2.05, 4.69) is 42.7 Å². The SMILES string of the molecule is COCOc1cncn1-c1cc(-n2ccnc2)cc(-n2c3cccnc3c3cccnc32)c1. The minimum Gasteiger partial charge on any atom is -0.450 e. The van der Waals surface area contributed by atoms with E-state index < -0.39 is 0 Å². The molecule has 5 aromatic heterocycles. The summed E-state index contributed by atoms with van der Waals surface area (Å²) in [5.41, 5.74) is 5.44. The number of rotatable bonds is 6. The summed E-state index contributed by atoms with van der Waals surface area (Å²) in [6, 6.07) is 14.2. The highest BCUT2D eigenvalue weighted by Crippen LogP contribution is 2.32. The number of aromatic nitrogens is 7. The molecule has 0 saturated carbocycles. The first-order valence-corrected chi connectivity index (χ1v) is 10.3. The number of fused-ring (bicyclic) bond motifs is 3. The van der Waals surface area contributed by atoms with Crippen molar-refractivity contribution in [2.75, 3.05) is 13.9 Å². The summed E-state index contributed by atoms with van der Waals surface area (Å²) < 4.78 is 16.7. The van der Waals surface area contributed by atoms with Crippen LogP contribution in [0.3, 0.4) is 0 Å². The molecule has 0 aliphatic heterocycles. The van der Waals surface area contributed by atoms with Crippen LogP contribution >= 0.6 is 0 Å². The Hall–Kier alpha value is -4.50. The molecule has 0 saturated heterocycles. The van der Waals surface area contributed by atoms with Crippen LogP contribution in [0.5, 0.6) is 5.88 Å². The normalized spacial score (nSPS) is 11.4. The fraction of sp³-hybridized carbons (Fsp3) is 0.0833. The van der Waals surface area contributed by atoms with E-state index in [0.717, 1.165) is 39.1 Å². The van der Waals surface area contributed by atoms with E-state index in [1.165, 1.54) is 0 Å². The van der Waals surface area contributed by atoms with Crippen LogP contribution in [0.1, 0.15) is 0 Å². The van der Waals surface area contributed by atoms with Crippen molar-refractivity contribution >= 4 is 22.1 Å². The van der Waals surface area contributed by atoms with E-state index >= 15 is 0 Å². The lowest BCUT2D eigenvalue weighted by molar-refractivity contribution is 0.0466. The number of benzene rings is 1. The highest BCUT2D eigenvalue weighted by Gasteiger charge is 2.16. The van der Waals surface area contributed by atoms with Crippen molar-refractivity contribution in [3.63, 3.8) is 0 Å². The van der Waals surface area contributed by atoms with Gasteiger partial charge in [0.25, 0.3) is 0 Å². The number of hydrogen-bond donors (Lipinski definition) is 0. The Bertz CT molecular complexity index is 1510. The van der Waals surface area contributed by atoms with E-state index in [-0.39, 0.29) is 6.79 Å². The predicted octanol–water partition coefficient (Wildman–Crippen LogP) is 3.93. The molecule has 0 aliphatic rings. The van der Waals surface area contributed by atoms with E-state index in [4.69, 9.17) is 9.47 Å². The van der Waals surface area contributed by atoms with Crippen molar-refractivity contribution in [2.45, 2.75) is 0 Å². The summed E-state index contributed by atoms with van der Waals surface area (Å²) >= 11 is 0. The van der Waals surface area contributed by atoms with Gasteiger partial charge in [-0.25, -0.2) is 15.0 Å². The zero-order chi connectivity index (χ0) is 22.2. The van der Waals surface area contributed by atoms with E-state index in [1.807, 2.05) is 39.6 Å². The molecule has 0 unspecified atom stereocenters. The predicted molar refractivity (Wildman–Crippen MR) is 123 cm³/mol. The first-order valence-electron chi connectivity index (χ1n) is 10.3. The van der Waals surface area contributed by atoms with Gasteiger partial charge in [-0.1, -0.05) is 0 Å². The van der Waals surface area contributed by atoms with Crippen LogP contribution in [0.4, 0.5) is 0 Å². The lowest BCUT2D eigenvalue weighted by Crippen LogP contribution is -2.06. The van der Waals surface area contributed by atoms with Crippen LogP contribution in [-0.4, -0.2) is 47.5 Å². The molecular formula is C24H19N7O2. The van der Waals surface area contributed by atoms with Crippen LogP contribution in [0, 0.1) is 0 Å². The van der Waals surface area contributed by atoms with Gasteiger partial charge in [0.15, 0.2) is 6.79 Å². The van der Waals surface area contributed by atoms with Gasteiger partial charge in [0.05, 0.1) is 40.6 Å². The van der Waals surface area contributed by atoms with Crippen molar-refractivity contribution in [3.05, 3.63) is 86.1 Å². The Morgan fingerprint density at radius 2 is 1.73 bits per heavy atom. The fourth-order valence-electron chi connectivity index (χ4n) is 4.03. The van der Waals surface area contributed by atoms with Gasteiger partial charge >= 0.3 is 0 Å². The van der Waals surface area contributed by atoms with Gasteiger partial charge in [-0.2, -0.15) is 0 Å². The molecule has 0 fully saturated rings. The second kappa shape index (κ2) is 7.88. The molecule has 0 spiro atoms. The van der Waals surface area contributed by atoms with Crippen LogP contribution in [0.15, 0.2) is 86.1 Å². The average molecular weight is 437 g/mol. The van der Waals surface area contributed by atoms with Crippen LogP contribution in [0.2, 0.25) is 0 Å². The van der Waals surface area contributed by atoms with Crippen molar-refractivity contribution in [1.29, 1.82) is 0 Å². The Kier molecular flexibility index (Phi) is 4.59. The van der Waals surface area contributed by atoms with Crippen LogP contribution in [-0.2, 0) is 4.74 Å².